The predicted octanol–water partition coefficient (Wildman–Crippen LogP) is 5.06. The van der Waals surface area contributed by atoms with E-state index in [0.29, 0.717) is 12.1 Å². The molecule has 0 aliphatic carbocycles. The summed E-state index contributed by atoms with van der Waals surface area (Å²) in [5, 5.41) is 15.6. The van der Waals surface area contributed by atoms with Crippen molar-refractivity contribution in [2.24, 2.45) is 0 Å². The van der Waals surface area contributed by atoms with Crippen LogP contribution in [0.1, 0.15) is 11.1 Å². The molecule has 0 radical (unpaired) electrons. The van der Waals surface area contributed by atoms with Crippen LogP contribution >= 0.6 is 0 Å². The van der Waals surface area contributed by atoms with Crippen LogP contribution in [0.3, 0.4) is 0 Å². The van der Waals surface area contributed by atoms with Gasteiger partial charge in [-0.25, -0.2) is 9.97 Å². The molecule has 0 atom stereocenters. The number of rotatable bonds is 2. The zero-order valence-corrected chi connectivity index (χ0v) is 16.5. The molecule has 2 heterocycles. The largest absolute Gasteiger partial charge is 0.340 e. The minimum Gasteiger partial charge on any atom is -0.340 e. The molecule has 144 valence electrons. The molecule has 4 aromatic carbocycles. The summed E-state index contributed by atoms with van der Waals surface area (Å²) in [6.45, 7) is 2.85. The average molecular weight is 389 g/mol. The molecule has 2 aromatic heterocycles. The van der Waals surface area contributed by atoms with E-state index in [2.05, 4.69) is 82.5 Å². The van der Waals surface area contributed by atoms with E-state index in [0.717, 1.165) is 5.65 Å². The molecule has 2 N–H and O–H groups in total. The van der Waals surface area contributed by atoms with Crippen molar-refractivity contribution in [3.8, 4) is 0 Å². The zero-order valence-electron chi connectivity index (χ0n) is 16.5. The number of H-pyrrole nitrogens is 1. The molecule has 6 rings (SSSR count). The van der Waals surface area contributed by atoms with Gasteiger partial charge in [-0.1, -0.05) is 60.7 Å². The summed E-state index contributed by atoms with van der Waals surface area (Å²) in [6.07, 6.45) is 3.34. The fraction of sp³-hybridized carbons (Fsp3) is 0.0800. The van der Waals surface area contributed by atoms with Crippen LogP contribution in [0.5, 0.6) is 0 Å². The summed E-state index contributed by atoms with van der Waals surface area (Å²) >= 11 is 0. The molecule has 0 unspecified atom stereocenters. The van der Waals surface area contributed by atoms with Gasteiger partial charge in [0.15, 0.2) is 11.1 Å². The quantitative estimate of drug-likeness (QED) is 0.321. The second-order valence-electron chi connectivity index (χ2n) is 7.68. The van der Waals surface area contributed by atoms with Crippen molar-refractivity contribution in [1.82, 2.24) is 19.5 Å². The number of aryl methyl sites for hydroxylation is 1. The van der Waals surface area contributed by atoms with Gasteiger partial charge in [0, 0.05) is 0 Å². The first-order chi connectivity index (χ1) is 14.7. The van der Waals surface area contributed by atoms with Gasteiger partial charge in [-0.05, 0) is 50.4 Å². The molecule has 0 aliphatic heterocycles. The van der Waals surface area contributed by atoms with Crippen molar-refractivity contribution in [2.75, 3.05) is 0 Å². The summed E-state index contributed by atoms with van der Waals surface area (Å²) in [5.41, 5.74) is 4.15. The molecule has 0 spiro atoms. The Morgan fingerprint density at radius 1 is 0.867 bits per heavy atom. The summed E-state index contributed by atoms with van der Waals surface area (Å²) in [4.78, 5) is 11.8. The molecule has 5 nitrogen and oxygen atoms in total. The van der Waals surface area contributed by atoms with E-state index in [1.54, 1.807) is 12.7 Å². The molecular weight excluding hydrogens is 370 g/mol. The number of aromatic amines is 1. The van der Waals surface area contributed by atoms with Crippen molar-refractivity contribution in [3.05, 3.63) is 89.9 Å². The van der Waals surface area contributed by atoms with Crippen molar-refractivity contribution < 1.29 is 0 Å². The number of hydrogen-bond donors (Lipinski definition) is 2. The summed E-state index contributed by atoms with van der Waals surface area (Å²) < 4.78 is 2.02. The maximum Gasteiger partial charge on any atom is 0.173 e. The van der Waals surface area contributed by atoms with Crippen LogP contribution in [0, 0.1) is 12.3 Å². The minimum absolute atomic E-state index is 0.211. The topological polar surface area (TPSA) is 70.3 Å². The number of nitrogens with one attached hydrogen (secondary N) is 2. The van der Waals surface area contributed by atoms with Gasteiger partial charge in [-0.2, -0.15) is 0 Å². The molecule has 0 saturated carbocycles. The van der Waals surface area contributed by atoms with Gasteiger partial charge in [-0.15, -0.1) is 0 Å². The predicted molar refractivity (Wildman–Crippen MR) is 121 cm³/mol. The number of imidazole rings is 1. The van der Waals surface area contributed by atoms with Crippen LogP contribution in [0.15, 0.2) is 73.3 Å². The molecule has 30 heavy (non-hydrogen) atoms. The minimum atomic E-state index is 0.211. The SMILES string of the molecule is Cc1c2ccccc2c(Cn2cnc(=N)c3[nH]cnc32)c2ccc3ccccc3c12. The van der Waals surface area contributed by atoms with E-state index in [4.69, 9.17) is 5.41 Å². The van der Waals surface area contributed by atoms with E-state index < -0.39 is 0 Å². The normalized spacial score (nSPS) is 11.8. The Hall–Kier alpha value is -3.99. The third-order valence-corrected chi connectivity index (χ3v) is 6.07. The Labute approximate surface area is 172 Å². The third-order valence-electron chi connectivity index (χ3n) is 6.07. The lowest BCUT2D eigenvalue weighted by atomic mass is 9.89. The van der Waals surface area contributed by atoms with Gasteiger partial charge in [-0.3, -0.25) is 5.41 Å². The van der Waals surface area contributed by atoms with Gasteiger partial charge >= 0.3 is 0 Å². The van der Waals surface area contributed by atoms with Crippen LogP contribution < -0.4 is 5.49 Å². The highest BCUT2D eigenvalue weighted by atomic mass is 15.1. The van der Waals surface area contributed by atoms with E-state index in [9.17, 15) is 0 Å². The molecular formula is C25H19N5. The molecule has 0 amide bonds. The first-order valence-electron chi connectivity index (χ1n) is 9.97. The van der Waals surface area contributed by atoms with Gasteiger partial charge in [0.25, 0.3) is 0 Å². The van der Waals surface area contributed by atoms with E-state index in [1.807, 2.05) is 4.57 Å². The summed E-state index contributed by atoms with van der Waals surface area (Å²) in [6, 6.07) is 21.6. The molecule has 6 aromatic rings. The lowest BCUT2D eigenvalue weighted by molar-refractivity contribution is 0.792. The first-order valence-corrected chi connectivity index (χ1v) is 9.97. The molecule has 0 saturated heterocycles. The monoisotopic (exact) mass is 389 g/mol. The van der Waals surface area contributed by atoms with Crippen molar-refractivity contribution in [3.63, 3.8) is 0 Å². The fourth-order valence-electron chi connectivity index (χ4n) is 4.66. The smallest absolute Gasteiger partial charge is 0.173 e. The Kier molecular flexibility index (Phi) is 3.53. The number of aromatic nitrogens is 4. The lowest BCUT2D eigenvalue weighted by Crippen LogP contribution is -2.13. The standard InChI is InChI=1S/C25H19N5/c1-15-17-7-4-5-9-19(17)21(12-30-14-29-24(26)23-25(30)28-13-27-23)20-11-10-16-6-2-3-8-18(16)22(15)20/h2-11,13-14,26H,12H2,1H3,(H,27,28). The lowest BCUT2D eigenvalue weighted by Gasteiger charge is -2.18. The Morgan fingerprint density at radius 2 is 1.63 bits per heavy atom. The van der Waals surface area contributed by atoms with Crippen LogP contribution in [0.25, 0.3) is 43.5 Å². The number of benzene rings is 4. The third kappa shape index (κ3) is 2.32. The molecule has 0 bridgehead atoms. The average Bonchev–Trinajstić information content (AvgIpc) is 3.29. The molecule has 5 heteroatoms. The number of hydrogen-bond acceptors (Lipinski definition) is 3. The number of nitrogens with zero attached hydrogens (tertiary/aromatic N) is 3. The highest BCUT2D eigenvalue weighted by molar-refractivity contribution is 6.16. The van der Waals surface area contributed by atoms with E-state index in [-0.39, 0.29) is 5.49 Å². The van der Waals surface area contributed by atoms with Crippen molar-refractivity contribution >= 4 is 43.5 Å². The first kappa shape index (κ1) is 16.9. The maximum absolute atomic E-state index is 8.04. The Balaban J connectivity index is 1.74. The molecule has 0 aliphatic rings. The van der Waals surface area contributed by atoms with Crippen LogP contribution in [-0.4, -0.2) is 19.5 Å². The van der Waals surface area contributed by atoms with E-state index >= 15 is 0 Å². The number of fused-ring (bicyclic) bond motifs is 5. The maximum atomic E-state index is 8.04. The van der Waals surface area contributed by atoms with Gasteiger partial charge in [0.1, 0.15) is 5.52 Å². The van der Waals surface area contributed by atoms with Gasteiger partial charge < -0.3 is 9.55 Å². The Bertz CT molecular complexity index is 1660. The zero-order chi connectivity index (χ0) is 20.2. The highest BCUT2D eigenvalue weighted by Gasteiger charge is 2.15. The summed E-state index contributed by atoms with van der Waals surface area (Å²) in [7, 11) is 0. The van der Waals surface area contributed by atoms with Crippen molar-refractivity contribution in [2.45, 2.75) is 13.5 Å². The van der Waals surface area contributed by atoms with Gasteiger partial charge in [0.2, 0.25) is 0 Å². The second kappa shape index (κ2) is 6.26. The fourth-order valence-corrected chi connectivity index (χ4v) is 4.66. The van der Waals surface area contributed by atoms with Gasteiger partial charge in [0.05, 0.1) is 19.2 Å². The van der Waals surface area contributed by atoms with Crippen molar-refractivity contribution in [1.29, 1.82) is 5.41 Å². The molecule has 0 fully saturated rings. The summed E-state index contributed by atoms with van der Waals surface area (Å²) in [5.74, 6) is 0. The van der Waals surface area contributed by atoms with Crippen LogP contribution in [-0.2, 0) is 6.54 Å². The highest BCUT2D eigenvalue weighted by Crippen LogP contribution is 2.37. The Morgan fingerprint density at radius 3 is 2.50 bits per heavy atom. The van der Waals surface area contributed by atoms with Crippen LogP contribution in [0.2, 0.25) is 0 Å². The van der Waals surface area contributed by atoms with E-state index in [1.165, 1.54) is 43.4 Å². The second-order valence-corrected chi connectivity index (χ2v) is 7.68. The van der Waals surface area contributed by atoms with Crippen LogP contribution in [0.4, 0.5) is 0 Å².